The van der Waals surface area contributed by atoms with Gasteiger partial charge in [0, 0.05) is 18.1 Å². The van der Waals surface area contributed by atoms with Gasteiger partial charge in [0.2, 0.25) is 6.41 Å². The first-order valence-corrected chi connectivity index (χ1v) is 8.78. The summed E-state index contributed by atoms with van der Waals surface area (Å²) in [6.07, 6.45) is 4.24. The van der Waals surface area contributed by atoms with E-state index in [1.807, 2.05) is 35.7 Å². The van der Waals surface area contributed by atoms with Crippen LogP contribution in [0.5, 0.6) is 0 Å². The van der Waals surface area contributed by atoms with Crippen LogP contribution in [0.4, 0.5) is 9.93 Å². The molecule has 2 heterocycles. The van der Waals surface area contributed by atoms with Crippen molar-refractivity contribution in [1.82, 2.24) is 9.88 Å². The summed E-state index contributed by atoms with van der Waals surface area (Å²) in [6, 6.07) is 9.55. The molecule has 126 valence electrons. The van der Waals surface area contributed by atoms with Crippen LogP contribution in [0.1, 0.15) is 24.8 Å². The van der Waals surface area contributed by atoms with Gasteiger partial charge in [-0.1, -0.05) is 30.3 Å². The first kappa shape index (κ1) is 16.4. The minimum Gasteiger partial charge on any atom is -0.444 e. The van der Waals surface area contributed by atoms with E-state index in [1.165, 1.54) is 16.2 Å². The number of hydrogen-bond acceptors (Lipinski definition) is 5. The Morgan fingerprint density at radius 2 is 2.21 bits per heavy atom. The third-order valence-electron chi connectivity index (χ3n) is 3.99. The van der Waals surface area contributed by atoms with Gasteiger partial charge in [0.05, 0.1) is 0 Å². The summed E-state index contributed by atoms with van der Waals surface area (Å²) in [6.45, 7) is 0.801. The van der Waals surface area contributed by atoms with Gasteiger partial charge in [-0.3, -0.25) is 14.6 Å². The molecule has 2 amide bonds. The van der Waals surface area contributed by atoms with Crippen molar-refractivity contribution in [2.75, 3.05) is 11.4 Å². The fraction of sp³-hybridized carbons (Fsp3) is 0.353. The van der Waals surface area contributed by atoms with Crippen molar-refractivity contribution >= 4 is 29.0 Å². The van der Waals surface area contributed by atoms with Crippen LogP contribution in [0.15, 0.2) is 41.9 Å². The molecular formula is C17H19N3O3S. The third kappa shape index (κ3) is 3.73. The molecule has 0 N–H and O–H groups in total. The van der Waals surface area contributed by atoms with Crippen molar-refractivity contribution in [2.45, 2.75) is 32.0 Å². The Balaban J connectivity index is 1.69. The minimum absolute atomic E-state index is 0.223. The Hall–Kier alpha value is -2.41. The molecule has 0 bridgehead atoms. The van der Waals surface area contributed by atoms with Crippen LogP contribution >= 0.6 is 11.3 Å². The number of aromatic nitrogens is 1. The Kier molecular flexibility index (Phi) is 5.43. The molecule has 1 saturated heterocycles. The molecule has 1 aromatic heterocycles. The van der Waals surface area contributed by atoms with E-state index in [2.05, 4.69) is 4.98 Å². The van der Waals surface area contributed by atoms with E-state index >= 15 is 0 Å². The Morgan fingerprint density at radius 3 is 2.92 bits per heavy atom. The molecule has 1 aromatic carbocycles. The molecule has 7 heteroatoms. The number of nitrogens with zero attached hydrogens (tertiary/aromatic N) is 3. The van der Waals surface area contributed by atoms with E-state index in [0.29, 0.717) is 11.7 Å². The van der Waals surface area contributed by atoms with E-state index in [4.69, 9.17) is 4.74 Å². The van der Waals surface area contributed by atoms with Crippen molar-refractivity contribution in [2.24, 2.45) is 0 Å². The van der Waals surface area contributed by atoms with Gasteiger partial charge in [-0.15, -0.1) is 11.3 Å². The maximum Gasteiger partial charge on any atom is 0.411 e. The average Bonchev–Trinajstić information content (AvgIpc) is 3.16. The van der Waals surface area contributed by atoms with Gasteiger partial charge in [0.25, 0.3) is 0 Å². The number of ether oxygens (including phenoxy) is 1. The molecule has 2 aromatic rings. The van der Waals surface area contributed by atoms with Crippen LogP contribution < -0.4 is 4.90 Å². The van der Waals surface area contributed by atoms with Crippen molar-refractivity contribution in [1.29, 1.82) is 0 Å². The molecule has 0 aliphatic carbocycles. The first-order valence-electron chi connectivity index (χ1n) is 7.90. The quantitative estimate of drug-likeness (QED) is 0.781. The van der Waals surface area contributed by atoms with Crippen molar-refractivity contribution in [3.05, 3.63) is 47.5 Å². The molecule has 1 unspecified atom stereocenters. The number of likely N-dealkylation sites (tertiary alicyclic amines) is 1. The highest BCUT2D eigenvalue weighted by Crippen LogP contribution is 2.26. The summed E-state index contributed by atoms with van der Waals surface area (Å²) in [5, 5.41) is 2.41. The van der Waals surface area contributed by atoms with E-state index in [-0.39, 0.29) is 12.8 Å². The second-order valence-corrected chi connectivity index (χ2v) is 6.41. The number of rotatable bonds is 5. The first-order chi connectivity index (χ1) is 11.8. The summed E-state index contributed by atoms with van der Waals surface area (Å²) in [7, 11) is 0. The zero-order valence-corrected chi connectivity index (χ0v) is 14.0. The fourth-order valence-corrected chi connectivity index (χ4v) is 3.46. The van der Waals surface area contributed by atoms with Gasteiger partial charge in [-0.2, -0.15) is 0 Å². The van der Waals surface area contributed by atoms with E-state index in [1.54, 1.807) is 11.1 Å². The van der Waals surface area contributed by atoms with Crippen LogP contribution in [-0.2, 0) is 16.1 Å². The number of thiazole rings is 1. The topological polar surface area (TPSA) is 62.7 Å². The minimum atomic E-state index is -0.396. The number of carbonyl (C=O) groups is 2. The zero-order valence-electron chi connectivity index (χ0n) is 13.2. The molecule has 24 heavy (non-hydrogen) atoms. The normalized spacial score (nSPS) is 17.3. The molecule has 3 rings (SSSR count). The van der Waals surface area contributed by atoms with Crippen LogP contribution in [0.2, 0.25) is 0 Å². The van der Waals surface area contributed by atoms with Crippen LogP contribution in [0, 0.1) is 0 Å². The molecule has 6 nitrogen and oxygen atoms in total. The molecule has 0 radical (unpaired) electrons. The molecular weight excluding hydrogens is 326 g/mol. The number of benzene rings is 1. The molecule has 0 spiro atoms. The van der Waals surface area contributed by atoms with Gasteiger partial charge in [0.1, 0.15) is 12.8 Å². The smallest absolute Gasteiger partial charge is 0.411 e. The maximum atomic E-state index is 12.5. The van der Waals surface area contributed by atoms with Crippen LogP contribution in [-0.4, -0.2) is 35.1 Å². The number of hydrogen-bond donors (Lipinski definition) is 0. The average molecular weight is 345 g/mol. The number of amides is 2. The highest BCUT2D eigenvalue weighted by atomic mass is 32.1. The van der Waals surface area contributed by atoms with Crippen LogP contribution in [0.25, 0.3) is 0 Å². The highest BCUT2D eigenvalue weighted by Gasteiger charge is 2.33. The summed E-state index contributed by atoms with van der Waals surface area (Å²) < 4.78 is 5.44. The summed E-state index contributed by atoms with van der Waals surface area (Å²) in [5.74, 6) is 0. The standard InChI is InChI=1S/C17H19N3O3S/c21-13-20(16-18-9-11-24-16)15-8-4-5-10-19(15)17(22)23-12-14-6-2-1-3-7-14/h1-3,6-7,9,11,13,15H,4-5,8,10,12H2. The fourth-order valence-electron chi connectivity index (χ4n) is 2.80. The Labute approximate surface area is 144 Å². The summed E-state index contributed by atoms with van der Waals surface area (Å²) >= 11 is 1.38. The number of piperidine rings is 1. The Bertz CT molecular complexity index is 663. The molecule has 1 aliphatic rings. The van der Waals surface area contributed by atoms with Gasteiger partial charge in [-0.05, 0) is 24.8 Å². The molecule has 0 saturated carbocycles. The van der Waals surface area contributed by atoms with Gasteiger partial charge in [0.15, 0.2) is 5.13 Å². The highest BCUT2D eigenvalue weighted by molar-refractivity contribution is 7.13. The SMILES string of the molecule is O=CN(c1nccs1)C1CCCCN1C(=O)OCc1ccccc1. The predicted octanol–water partition coefficient (Wildman–Crippen LogP) is 3.25. The number of carbonyl (C=O) groups excluding carboxylic acids is 2. The van der Waals surface area contributed by atoms with E-state index in [9.17, 15) is 9.59 Å². The van der Waals surface area contributed by atoms with Gasteiger partial charge >= 0.3 is 6.09 Å². The molecule has 1 atom stereocenters. The van der Waals surface area contributed by atoms with Gasteiger partial charge in [-0.25, -0.2) is 9.78 Å². The summed E-state index contributed by atoms with van der Waals surface area (Å²) in [4.78, 5) is 31.4. The van der Waals surface area contributed by atoms with Crippen LogP contribution in [0.3, 0.4) is 0 Å². The zero-order chi connectivity index (χ0) is 16.8. The van der Waals surface area contributed by atoms with Crippen molar-refractivity contribution < 1.29 is 14.3 Å². The lowest BCUT2D eigenvalue weighted by molar-refractivity contribution is -0.108. The third-order valence-corrected chi connectivity index (χ3v) is 4.77. The largest absolute Gasteiger partial charge is 0.444 e. The van der Waals surface area contributed by atoms with Crippen molar-refractivity contribution in [3.63, 3.8) is 0 Å². The predicted molar refractivity (Wildman–Crippen MR) is 91.6 cm³/mol. The molecule has 1 aliphatic heterocycles. The molecule has 1 fully saturated rings. The lowest BCUT2D eigenvalue weighted by Gasteiger charge is -2.39. The monoisotopic (exact) mass is 345 g/mol. The lowest BCUT2D eigenvalue weighted by Crippen LogP contribution is -2.53. The number of anilines is 1. The van der Waals surface area contributed by atoms with Crippen molar-refractivity contribution in [3.8, 4) is 0 Å². The van der Waals surface area contributed by atoms with E-state index < -0.39 is 6.09 Å². The van der Waals surface area contributed by atoms with E-state index in [0.717, 1.165) is 31.2 Å². The Morgan fingerprint density at radius 1 is 1.38 bits per heavy atom. The summed E-state index contributed by atoms with van der Waals surface area (Å²) in [5.41, 5.74) is 0.937. The van der Waals surface area contributed by atoms with Gasteiger partial charge < -0.3 is 4.74 Å². The lowest BCUT2D eigenvalue weighted by atomic mass is 10.1. The second-order valence-electron chi connectivity index (χ2n) is 5.54. The second kappa shape index (κ2) is 7.92. The maximum absolute atomic E-state index is 12.5.